The number of carbonyl (C=O) groups excluding carboxylic acids is 1. The third kappa shape index (κ3) is 3.61. The van der Waals surface area contributed by atoms with Gasteiger partial charge in [0, 0.05) is 16.7 Å². The van der Waals surface area contributed by atoms with E-state index < -0.39 is 28.6 Å². The van der Waals surface area contributed by atoms with Crippen LogP contribution in [0.1, 0.15) is 93.4 Å². The Morgan fingerprint density at radius 2 is 1.74 bits per heavy atom. The van der Waals surface area contributed by atoms with E-state index in [4.69, 9.17) is 0 Å². The highest BCUT2D eigenvalue weighted by molar-refractivity contribution is 5.65. The Balaban J connectivity index is 1.70. The van der Waals surface area contributed by atoms with Crippen molar-refractivity contribution in [2.24, 2.45) is 45.3 Å². The zero-order valence-corrected chi connectivity index (χ0v) is 22.5. The first-order valence-electron chi connectivity index (χ1n) is 13.6. The van der Waals surface area contributed by atoms with E-state index in [1.54, 1.807) is 13.8 Å². The van der Waals surface area contributed by atoms with Crippen LogP contribution < -0.4 is 0 Å². The molecule has 0 aromatic carbocycles. The number of rotatable bonds is 5. The molecule has 0 aromatic heterocycles. The number of aliphatic hydroxyl groups is 3. The van der Waals surface area contributed by atoms with Gasteiger partial charge in [-0.3, -0.25) is 0 Å². The van der Waals surface area contributed by atoms with E-state index in [0.717, 1.165) is 44.1 Å². The molecule has 9 atom stereocenters. The summed E-state index contributed by atoms with van der Waals surface area (Å²) in [5.74, 6) is 1.03. The van der Waals surface area contributed by atoms with E-state index in [1.165, 1.54) is 6.29 Å². The first-order valence-corrected chi connectivity index (χ1v) is 13.6. The van der Waals surface area contributed by atoms with Gasteiger partial charge in [0.1, 0.15) is 6.29 Å². The van der Waals surface area contributed by atoms with Crippen LogP contribution in [0.3, 0.4) is 0 Å². The highest BCUT2D eigenvalue weighted by Crippen LogP contribution is 2.74. The summed E-state index contributed by atoms with van der Waals surface area (Å²) in [5.41, 5.74) is -0.705. The fraction of sp³-hybridized carbons (Fsp3) is 0.833. The molecule has 3 N–H and O–H groups in total. The van der Waals surface area contributed by atoms with Crippen LogP contribution in [-0.2, 0) is 4.79 Å². The first kappa shape index (κ1) is 26.1. The summed E-state index contributed by atoms with van der Waals surface area (Å²) in [6.45, 7) is 14.9. The summed E-state index contributed by atoms with van der Waals surface area (Å²) in [4.78, 5) is 13.1. The summed E-state index contributed by atoms with van der Waals surface area (Å²) in [6.07, 6.45) is 12.7. The maximum absolute atomic E-state index is 13.1. The lowest BCUT2D eigenvalue weighted by Gasteiger charge is -2.66. The van der Waals surface area contributed by atoms with Crippen LogP contribution in [0, 0.1) is 45.3 Å². The zero-order valence-electron chi connectivity index (χ0n) is 22.5. The number of hydrogen-bond donors (Lipinski definition) is 3. The molecule has 0 aromatic rings. The molecule has 0 saturated heterocycles. The Kier molecular flexibility index (Phi) is 6.36. The molecule has 0 bridgehead atoms. The Bertz CT molecular complexity index is 866. The average Bonchev–Trinajstić information content (AvgIpc) is 3.01. The lowest BCUT2D eigenvalue weighted by atomic mass is 9.38. The van der Waals surface area contributed by atoms with Crippen molar-refractivity contribution < 1.29 is 20.1 Å². The number of carbonyl (C=O) groups is 1. The zero-order chi connectivity index (χ0) is 25.3. The van der Waals surface area contributed by atoms with Gasteiger partial charge in [0.05, 0.1) is 17.8 Å². The molecule has 0 amide bonds. The summed E-state index contributed by atoms with van der Waals surface area (Å²) in [7, 11) is 0. The normalized spacial score (nSPS) is 46.9. The minimum absolute atomic E-state index is 0.0577. The predicted molar refractivity (Wildman–Crippen MR) is 136 cm³/mol. The van der Waals surface area contributed by atoms with Crippen LogP contribution in [0.2, 0.25) is 0 Å². The molecule has 4 aliphatic rings. The highest BCUT2D eigenvalue weighted by Gasteiger charge is 2.70. The topological polar surface area (TPSA) is 77.8 Å². The van der Waals surface area contributed by atoms with Crippen molar-refractivity contribution >= 4 is 6.29 Å². The third-order valence-corrected chi connectivity index (χ3v) is 11.4. The molecule has 0 aliphatic heterocycles. The SMILES string of the molecule is C[C@H](C/C=C/C(C)(C)O)C1CC[C@@]2(C)C3[C@@H](O)C=C4C(CCC(O)C4(C)C)C3(C=O)CC[C@]12C. The van der Waals surface area contributed by atoms with Crippen LogP contribution in [0.5, 0.6) is 0 Å². The molecule has 0 heterocycles. The summed E-state index contributed by atoms with van der Waals surface area (Å²) >= 11 is 0. The van der Waals surface area contributed by atoms with Gasteiger partial charge in [-0.1, -0.05) is 58.4 Å². The molecule has 3 saturated carbocycles. The minimum Gasteiger partial charge on any atom is -0.392 e. The van der Waals surface area contributed by atoms with Crippen LogP contribution in [0.15, 0.2) is 23.8 Å². The lowest BCUT2D eigenvalue weighted by Crippen LogP contribution is -2.64. The minimum atomic E-state index is -0.792. The fourth-order valence-corrected chi connectivity index (χ4v) is 9.29. The molecule has 3 fully saturated rings. The Morgan fingerprint density at radius 3 is 2.35 bits per heavy atom. The second-order valence-electron chi connectivity index (χ2n) is 13.9. The number of allylic oxidation sites excluding steroid dienone is 1. The summed E-state index contributed by atoms with van der Waals surface area (Å²) in [6, 6.07) is 0. The highest BCUT2D eigenvalue weighted by atomic mass is 16.3. The molecule has 4 nitrogen and oxygen atoms in total. The van der Waals surface area contributed by atoms with Gasteiger partial charge in [-0.15, -0.1) is 0 Å². The molecule has 0 radical (unpaired) electrons. The Hall–Kier alpha value is -0.970. The van der Waals surface area contributed by atoms with Crippen molar-refractivity contribution in [2.75, 3.05) is 0 Å². The molecule has 34 heavy (non-hydrogen) atoms. The van der Waals surface area contributed by atoms with E-state index in [-0.39, 0.29) is 22.7 Å². The second kappa shape index (κ2) is 8.28. The van der Waals surface area contributed by atoms with Crippen molar-refractivity contribution in [1.82, 2.24) is 0 Å². The number of aliphatic hydroxyl groups excluding tert-OH is 2. The Morgan fingerprint density at radius 1 is 1.06 bits per heavy atom. The van der Waals surface area contributed by atoms with Gasteiger partial charge < -0.3 is 20.1 Å². The Labute approximate surface area is 206 Å². The second-order valence-corrected chi connectivity index (χ2v) is 13.9. The lowest BCUT2D eigenvalue weighted by molar-refractivity contribution is -0.182. The van der Waals surface area contributed by atoms with Crippen LogP contribution >= 0.6 is 0 Å². The molecule has 0 spiro atoms. The van der Waals surface area contributed by atoms with Crippen LogP contribution in [0.4, 0.5) is 0 Å². The fourth-order valence-electron chi connectivity index (χ4n) is 9.29. The van der Waals surface area contributed by atoms with E-state index in [1.807, 2.05) is 12.2 Å². The van der Waals surface area contributed by atoms with Crippen LogP contribution in [0.25, 0.3) is 0 Å². The van der Waals surface area contributed by atoms with Crippen molar-refractivity contribution in [3.05, 3.63) is 23.8 Å². The van der Waals surface area contributed by atoms with E-state index >= 15 is 0 Å². The largest absolute Gasteiger partial charge is 0.392 e. The number of hydrogen-bond acceptors (Lipinski definition) is 4. The van der Waals surface area contributed by atoms with Crippen molar-refractivity contribution in [3.8, 4) is 0 Å². The van der Waals surface area contributed by atoms with Crippen molar-refractivity contribution in [2.45, 2.75) is 111 Å². The van der Waals surface area contributed by atoms with Crippen molar-refractivity contribution in [3.63, 3.8) is 0 Å². The molecule has 4 rings (SSSR count). The maximum atomic E-state index is 13.1. The van der Waals surface area contributed by atoms with Gasteiger partial charge in [0.2, 0.25) is 0 Å². The maximum Gasteiger partial charge on any atom is 0.127 e. The molecular weight excluding hydrogens is 424 g/mol. The van der Waals surface area contributed by atoms with Gasteiger partial charge in [-0.25, -0.2) is 0 Å². The smallest absolute Gasteiger partial charge is 0.127 e. The molecule has 4 aliphatic carbocycles. The number of fused-ring (bicyclic) bond motifs is 5. The van der Waals surface area contributed by atoms with Crippen molar-refractivity contribution in [1.29, 1.82) is 0 Å². The molecule has 5 unspecified atom stereocenters. The van der Waals surface area contributed by atoms with Gasteiger partial charge >= 0.3 is 0 Å². The van der Waals surface area contributed by atoms with Crippen LogP contribution in [-0.4, -0.2) is 39.4 Å². The van der Waals surface area contributed by atoms with Gasteiger partial charge in [-0.05, 0) is 87.4 Å². The summed E-state index contributed by atoms with van der Waals surface area (Å²) in [5, 5.41) is 32.5. The van der Waals surface area contributed by atoms with E-state index in [2.05, 4.69) is 40.7 Å². The van der Waals surface area contributed by atoms with E-state index in [9.17, 15) is 20.1 Å². The standard InChI is InChI=1S/C30H48O4/c1-19(9-8-13-26(2,3)34)20-12-14-29(7)25-23(32)17-22-21(10-11-24(33)27(22,4)5)30(25,18-31)16-15-28(20,29)6/h8,13,17-21,23-25,32-34H,9-12,14-16H2,1-7H3/b13-8+/t19-,20?,21?,23+,24?,25?,28-,29+,30?/m1/s1. The third-order valence-electron chi connectivity index (χ3n) is 11.4. The first-order chi connectivity index (χ1) is 15.6. The van der Waals surface area contributed by atoms with E-state index in [0.29, 0.717) is 18.3 Å². The monoisotopic (exact) mass is 472 g/mol. The molecule has 4 heteroatoms. The average molecular weight is 473 g/mol. The molecule has 192 valence electrons. The predicted octanol–water partition coefficient (Wildman–Crippen LogP) is 5.46. The van der Waals surface area contributed by atoms with Gasteiger partial charge in [-0.2, -0.15) is 0 Å². The molecular formula is C30H48O4. The van der Waals surface area contributed by atoms with Gasteiger partial charge in [0.25, 0.3) is 0 Å². The number of aldehydes is 1. The quantitative estimate of drug-likeness (QED) is 0.367. The van der Waals surface area contributed by atoms with Gasteiger partial charge in [0.15, 0.2) is 0 Å². The summed E-state index contributed by atoms with van der Waals surface area (Å²) < 4.78 is 0.